The first kappa shape index (κ1) is 49.8. The van der Waals surface area contributed by atoms with Gasteiger partial charge >= 0.3 is 0 Å². The standard InChI is InChI=1S/C44H32N2.C36H24N2/c1-3-17-37(18-4-1)45(43-23-11-15-35-13-7-9-21-41(35)43)39-29-25-33(26-30-39)34-27-31-40(32-28-34)46(38-19-5-2-6-20-38)44-24-12-16-36-14-8-10-22-42(36)44;1-5-13-33-29(9-1)30-10-2-6-14-34(30)37(33)27-21-17-25(18-22-27)26-19-23-28(24-20-26)38-35-15-7-3-11-31(35)32-12-4-8-16-36(32)38/h1-32H;1-24H. The minimum absolute atomic E-state index is 1.12. The van der Waals surface area contributed by atoms with Gasteiger partial charge in [-0.05, 0) is 142 Å². The molecule has 0 unspecified atom stereocenters. The number of hydrogen-bond acceptors (Lipinski definition) is 2. The predicted molar refractivity (Wildman–Crippen MR) is 357 cm³/mol. The highest BCUT2D eigenvalue weighted by molar-refractivity contribution is 6.10. The Labute approximate surface area is 488 Å². The average Bonchev–Trinajstić information content (AvgIpc) is 3.31. The summed E-state index contributed by atoms with van der Waals surface area (Å²) in [6.45, 7) is 0. The molecule has 0 fully saturated rings. The van der Waals surface area contributed by atoms with Crippen LogP contribution in [0.25, 0.3) is 98.8 Å². The van der Waals surface area contributed by atoms with Crippen molar-refractivity contribution in [1.29, 1.82) is 0 Å². The van der Waals surface area contributed by atoms with Crippen LogP contribution in [-0.4, -0.2) is 9.13 Å². The molecule has 16 aromatic rings. The summed E-state index contributed by atoms with van der Waals surface area (Å²) in [5.74, 6) is 0. The Morgan fingerprint density at radius 2 is 0.429 bits per heavy atom. The molecule has 2 heterocycles. The molecule has 0 bridgehead atoms. The number of benzene rings is 14. The van der Waals surface area contributed by atoms with Crippen molar-refractivity contribution < 1.29 is 0 Å². The second-order valence-electron chi connectivity index (χ2n) is 21.3. The summed E-state index contributed by atoms with van der Waals surface area (Å²) in [6, 6.07) is 122. The first-order valence-electron chi connectivity index (χ1n) is 28.7. The molecule has 14 aromatic carbocycles. The molecule has 16 rings (SSSR count). The van der Waals surface area contributed by atoms with Crippen molar-refractivity contribution in [3.63, 3.8) is 0 Å². The van der Waals surface area contributed by atoms with Gasteiger partial charge in [-0.1, -0.05) is 231 Å². The number of fused-ring (bicyclic) bond motifs is 8. The zero-order valence-corrected chi connectivity index (χ0v) is 46.1. The van der Waals surface area contributed by atoms with Crippen LogP contribution in [0.5, 0.6) is 0 Å². The van der Waals surface area contributed by atoms with Crippen molar-refractivity contribution >= 4 is 99.3 Å². The monoisotopic (exact) mass is 1070 g/mol. The van der Waals surface area contributed by atoms with Crippen molar-refractivity contribution in [3.8, 4) is 33.6 Å². The molecule has 0 amide bonds. The highest BCUT2D eigenvalue weighted by Crippen LogP contribution is 2.42. The van der Waals surface area contributed by atoms with Gasteiger partial charge in [0, 0.05) is 66.4 Å². The second kappa shape index (κ2) is 21.7. The number of hydrogen-bond donors (Lipinski definition) is 0. The Hall–Kier alpha value is -11.2. The minimum Gasteiger partial charge on any atom is -0.310 e. The Kier molecular flexibility index (Phi) is 12.9. The van der Waals surface area contributed by atoms with E-state index in [4.69, 9.17) is 0 Å². The molecule has 0 aliphatic rings. The van der Waals surface area contributed by atoms with Crippen molar-refractivity contribution in [1.82, 2.24) is 9.13 Å². The molecule has 0 radical (unpaired) electrons. The van der Waals surface area contributed by atoms with E-state index in [0.717, 1.165) is 34.1 Å². The van der Waals surface area contributed by atoms with Gasteiger partial charge < -0.3 is 18.9 Å². The van der Waals surface area contributed by atoms with E-state index in [9.17, 15) is 0 Å². The van der Waals surface area contributed by atoms with Crippen LogP contribution >= 0.6 is 0 Å². The number of nitrogens with zero attached hydrogens (tertiary/aromatic N) is 4. The summed E-state index contributed by atoms with van der Waals surface area (Å²) in [4.78, 5) is 4.69. The molecule has 0 saturated heterocycles. The zero-order chi connectivity index (χ0) is 55.8. The normalized spacial score (nSPS) is 11.3. The maximum atomic E-state index is 2.36. The summed E-state index contributed by atoms with van der Waals surface area (Å²) in [7, 11) is 0. The van der Waals surface area contributed by atoms with Gasteiger partial charge in [0.2, 0.25) is 0 Å². The molecule has 0 N–H and O–H groups in total. The third-order valence-corrected chi connectivity index (χ3v) is 16.4. The van der Waals surface area contributed by atoms with E-state index in [1.165, 1.54) is 98.8 Å². The highest BCUT2D eigenvalue weighted by atomic mass is 15.1. The van der Waals surface area contributed by atoms with Gasteiger partial charge in [0.25, 0.3) is 0 Å². The molecule has 84 heavy (non-hydrogen) atoms. The molecule has 2 aromatic heterocycles. The van der Waals surface area contributed by atoms with E-state index in [1.807, 2.05) is 0 Å². The van der Waals surface area contributed by atoms with E-state index in [2.05, 4.69) is 359 Å². The van der Waals surface area contributed by atoms with E-state index in [-0.39, 0.29) is 0 Å². The molecule has 4 heteroatoms. The largest absolute Gasteiger partial charge is 0.310 e. The molecule has 396 valence electrons. The topological polar surface area (TPSA) is 16.3 Å². The van der Waals surface area contributed by atoms with Gasteiger partial charge in [0.1, 0.15) is 0 Å². The fourth-order valence-electron chi connectivity index (χ4n) is 12.4. The molecule has 4 nitrogen and oxygen atoms in total. The van der Waals surface area contributed by atoms with Crippen LogP contribution in [0.15, 0.2) is 340 Å². The quantitative estimate of drug-likeness (QED) is 0.136. The Bertz CT molecular complexity index is 4550. The molecular weight excluding hydrogens is 1020 g/mol. The first-order chi connectivity index (χ1) is 41.7. The van der Waals surface area contributed by atoms with Gasteiger partial charge in [-0.2, -0.15) is 0 Å². The van der Waals surface area contributed by atoms with Gasteiger partial charge in [0.15, 0.2) is 0 Å². The van der Waals surface area contributed by atoms with Crippen molar-refractivity contribution in [2.75, 3.05) is 9.80 Å². The summed E-state index contributed by atoms with van der Waals surface area (Å²) < 4.78 is 4.72. The Morgan fingerprint density at radius 1 is 0.179 bits per heavy atom. The lowest BCUT2D eigenvalue weighted by molar-refractivity contribution is 1.18. The van der Waals surface area contributed by atoms with Crippen LogP contribution in [0.2, 0.25) is 0 Å². The van der Waals surface area contributed by atoms with E-state index >= 15 is 0 Å². The molecular formula is C80H56N4. The maximum absolute atomic E-state index is 2.36. The number of anilines is 6. The van der Waals surface area contributed by atoms with Gasteiger partial charge in [0.05, 0.1) is 33.4 Å². The lowest BCUT2D eigenvalue weighted by atomic mass is 10.0. The molecule has 0 aliphatic carbocycles. The highest BCUT2D eigenvalue weighted by Gasteiger charge is 2.19. The Morgan fingerprint density at radius 3 is 0.762 bits per heavy atom. The third kappa shape index (κ3) is 9.09. The fourth-order valence-corrected chi connectivity index (χ4v) is 12.4. The second-order valence-corrected chi connectivity index (χ2v) is 21.3. The smallest absolute Gasteiger partial charge is 0.0541 e. The third-order valence-electron chi connectivity index (χ3n) is 16.4. The summed E-state index contributed by atoms with van der Waals surface area (Å²) in [5, 5.41) is 10.0. The van der Waals surface area contributed by atoms with Crippen molar-refractivity contribution in [2.45, 2.75) is 0 Å². The molecule has 0 saturated carbocycles. The number of aromatic nitrogens is 2. The van der Waals surface area contributed by atoms with Crippen molar-refractivity contribution in [2.24, 2.45) is 0 Å². The summed E-state index contributed by atoms with van der Waals surface area (Å²) in [5.41, 5.74) is 18.9. The van der Waals surface area contributed by atoms with Crippen LogP contribution in [0.1, 0.15) is 0 Å². The zero-order valence-electron chi connectivity index (χ0n) is 46.1. The van der Waals surface area contributed by atoms with Crippen LogP contribution in [0, 0.1) is 0 Å². The van der Waals surface area contributed by atoms with Crippen LogP contribution in [-0.2, 0) is 0 Å². The van der Waals surface area contributed by atoms with Crippen LogP contribution in [0.3, 0.4) is 0 Å². The lowest BCUT2D eigenvalue weighted by Crippen LogP contribution is -2.10. The number of para-hydroxylation sites is 6. The van der Waals surface area contributed by atoms with E-state index in [1.54, 1.807) is 0 Å². The molecule has 0 atom stereocenters. The van der Waals surface area contributed by atoms with Gasteiger partial charge in [-0.25, -0.2) is 0 Å². The van der Waals surface area contributed by atoms with Crippen LogP contribution in [0.4, 0.5) is 34.1 Å². The van der Waals surface area contributed by atoms with Gasteiger partial charge in [-0.15, -0.1) is 0 Å². The fraction of sp³-hybridized carbons (Fsp3) is 0. The maximum Gasteiger partial charge on any atom is 0.0541 e. The van der Waals surface area contributed by atoms with Crippen molar-refractivity contribution in [3.05, 3.63) is 340 Å². The molecule has 0 aliphatic heterocycles. The first-order valence-corrected chi connectivity index (χ1v) is 28.7. The van der Waals surface area contributed by atoms with Crippen LogP contribution < -0.4 is 9.80 Å². The van der Waals surface area contributed by atoms with E-state index < -0.39 is 0 Å². The average molecular weight is 1070 g/mol. The molecule has 0 spiro atoms. The van der Waals surface area contributed by atoms with E-state index in [0.29, 0.717) is 0 Å². The SMILES string of the molecule is c1ccc(N(c2ccc(-c3ccc(N(c4ccccc4)c4cccc5ccccc45)cc3)cc2)c2cccc3ccccc23)cc1.c1ccc2c(c1)c1ccccc1n2-c1ccc(-c2ccc(-n3c4ccccc4c4ccccc43)cc2)cc1. The summed E-state index contributed by atoms with van der Waals surface area (Å²) >= 11 is 0. The number of rotatable bonds is 10. The lowest BCUT2D eigenvalue weighted by Gasteiger charge is -2.27. The predicted octanol–water partition coefficient (Wildman–Crippen LogP) is 22.1. The minimum atomic E-state index is 1.12. The van der Waals surface area contributed by atoms with Gasteiger partial charge in [-0.3, -0.25) is 0 Å². The summed E-state index contributed by atoms with van der Waals surface area (Å²) in [6.07, 6.45) is 0. The Balaban J connectivity index is 0.000000145.